The number of fused-ring (bicyclic) bond motifs is 3. The van der Waals surface area contributed by atoms with Gasteiger partial charge in [-0.1, -0.05) is 42.5 Å². The molecule has 0 unspecified atom stereocenters. The maximum atomic E-state index is 11.2. The minimum absolute atomic E-state index is 0.0634. The van der Waals surface area contributed by atoms with Gasteiger partial charge in [-0.3, -0.25) is 5.41 Å². The topological polar surface area (TPSA) is 113 Å². The number of benzene rings is 3. The molecule has 5 nitrogen and oxygen atoms in total. The van der Waals surface area contributed by atoms with E-state index in [-0.39, 0.29) is 11.4 Å². The summed E-state index contributed by atoms with van der Waals surface area (Å²) in [6.45, 7) is 0. The van der Waals surface area contributed by atoms with Crippen molar-refractivity contribution in [3.63, 3.8) is 0 Å². The molecule has 0 fully saturated rings. The van der Waals surface area contributed by atoms with Crippen molar-refractivity contribution in [2.45, 2.75) is 19.3 Å². The molecule has 3 aromatic carbocycles. The van der Waals surface area contributed by atoms with Crippen molar-refractivity contribution in [1.29, 1.82) is 5.41 Å². The number of allylic oxidation sites excluding steroid dienone is 4. The first kappa shape index (κ1) is 22.6. The van der Waals surface area contributed by atoms with Gasteiger partial charge < -0.3 is 16.6 Å². The molecule has 0 spiro atoms. The average Bonchev–Trinajstić information content (AvgIpc) is 3.25. The minimum Gasteiger partial charge on any atom is -0.478 e. The average molecular weight is 480 g/mol. The monoisotopic (exact) mass is 479 g/mol. The zero-order valence-electron chi connectivity index (χ0n) is 19.0. The molecule has 1 aliphatic rings. The van der Waals surface area contributed by atoms with E-state index in [0.717, 1.165) is 41.5 Å². The first-order valence-electron chi connectivity index (χ1n) is 11.4. The van der Waals surface area contributed by atoms with E-state index in [1.165, 1.54) is 20.2 Å². The van der Waals surface area contributed by atoms with Crippen LogP contribution in [0.15, 0.2) is 90.2 Å². The van der Waals surface area contributed by atoms with E-state index in [9.17, 15) is 9.90 Å². The zero-order chi connectivity index (χ0) is 24.5. The van der Waals surface area contributed by atoms with Gasteiger partial charge in [0.1, 0.15) is 5.84 Å². The van der Waals surface area contributed by atoms with Gasteiger partial charge in [-0.05, 0) is 77.9 Å². The zero-order valence-corrected chi connectivity index (χ0v) is 19.9. The number of carboxylic acids is 1. The van der Waals surface area contributed by atoms with Crippen LogP contribution in [0.25, 0.3) is 31.3 Å². The summed E-state index contributed by atoms with van der Waals surface area (Å²) in [6.07, 6.45) is 6.37. The summed E-state index contributed by atoms with van der Waals surface area (Å²) in [7, 11) is 0. The van der Waals surface area contributed by atoms with Gasteiger partial charge in [0, 0.05) is 31.4 Å². The van der Waals surface area contributed by atoms with Crippen molar-refractivity contribution >= 4 is 54.5 Å². The number of nitrogens with one attached hydrogen (secondary N) is 1. The summed E-state index contributed by atoms with van der Waals surface area (Å²) in [4.78, 5) is 11.2. The lowest BCUT2D eigenvalue weighted by Crippen LogP contribution is -2.20. The number of amidine groups is 1. The van der Waals surface area contributed by atoms with Gasteiger partial charge in [0.25, 0.3) is 0 Å². The number of hydrogen-bond donors (Lipinski definition) is 4. The molecule has 174 valence electrons. The van der Waals surface area contributed by atoms with Gasteiger partial charge in [0.15, 0.2) is 0 Å². The summed E-state index contributed by atoms with van der Waals surface area (Å²) in [5.41, 5.74) is 17.7. The van der Waals surface area contributed by atoms with Crippen LogP contribution in [-0.2, 0) is 0 Å². The van der Waals surface area contributed by atoms with E-state index >= 15 is 0 Å². The van der Waals surface area contributed by atoms with Gasteiger partial charge in [0.2, 0.25) is 0 Å². The molecule has 0 aliphatic heterocycles. The van der Waals surface area contributed by atoms with Gasteiger partial charge in [0.05, 0.1) is 5.56 Å². The van der Waals surface area contributed by atoms with Gasteiger partial charge in [-0.15, -0.1) is 11.3 Å². The minimum atomic E-state index is -0.961. The fourth-order valence-corrected chi connectivity index (χ4v) is 5.75. The Balaban J connectivity index is 1.63. The lowest BCUT2D eigenvalue weighted by atomic mass is 9.92. The van der Waals surface area contributed by atoms with Crippen molar-refractivity contribution in [3.8, 4) is 0 Å². The van der Waals surface area contributed by atoms with E-state index in [1.807, 2.05) is 6.08 Å². The molecule has 6 heteroatoms. The second-order valence-electron chi connectivity index (χ2n) is 8.61. The Morgan fingerprint density at radius 2 is 1.66 bits per heavy atom. The molecular weight excluding hydrogens is 454 g/mol. The summed E-state index contributed by atoms with van der Waals surface area (Å²) in [5.74, 6) is -1.02. The lowest BCUT2D eigenvalue weighted by Gasteiger charge is -2.16. The Labute approximate surface area is 207 Å². The molecule has 0 saturated carbocycles. The Morgan fingerprint density at radius 3 is 2.40 bits per heavy atom. The van der Waals surface area contributed by atoms with E-state index in [1.54, 1.807) is 35.6 Å². The summed E-state index contributed by atoms with van der Waals surface area (Å²) in [6, 6.07) is 21.5. The van der Waals surface area contributed by atoms with Crippen LogP contribution in [0.5, 0.6) is 0 Å². The van der Waals surface area contributed by atoms with E-state index < -0.39 is 5.97 Å². The van der Waals surface area contributed by atoms with Crippen molar-refractivity contribution in [1.82, 2.24) is 0 Å². The van der Waals surface area contributed by atoms with E-state index in [2.05, 4.69) is 48.5 Å². The second-order valence-corrected chi connectivity index (χ2v) is 9.69. The maximum Gasteiger partial charge on any atom is 0.335 e. The fraction of sp³-hybridized carbons (Fsp3) is 0.103. The molecule has 1 aromatic heterocycles. The quantitative estimate of drug-likeness (QED) is 0.196. The Morgan fingerprint density at radius 1 is 0.943 bits per heavy atom. The molecule has 0 amide bonds. The molecule has 35 heavy (non-hydrogen) atoms. The van der Waals surface area contributed by atoms with Crippen molar-refractivity contribution < 1.29 is 9.90 Å². The molecule has 0 atom stereocenters. The highest BCUT2D eigenvalue weighted by atomic mass is 32.1. The number of carbonyl (C=O) groups is 1. The molecular formula is C29H25N3O2S. The first-order chi connectivity index (χ1) is 16.9. The van der Waals surface area contributed by atoms with Crippen LogP contribution in [0.2, 0.25) is 0 Å². The molecule has 4 aromatic rings. The number of aromatic carboxylic acids is 1. The standard InChI is InChI=1S/C29H25N3O2S/c30-24-16-19(17-9-11-18(12-10-17)29(33)34)5-1-2-6-21(27(24)28(31)32)20-13-14-26-23(15-20)22-7-3-4-8-25(22)35-26/h3-5,7-16H,1-2,6,30H2,(H3,31,32)(H,33,34)/b19-5-,24-16+,27-21-. The number of rotatable bonds is 4. The third kappa shape index (κ3) is 4.36. The number of carboxylic acid groups (broad SMARTS) is 1. The van der Waals surface area contributed by atoms with Crippen molar-refractivity contribution in [2.24, 2.45) is 11.5 Å². The van der Waals surface area contributed by atoms with Crippen LogP contribution >= 0.6 is 11.3 Å². The van der Waals surface area contributed by atoms with Crippen LogP contribution in [-0.4, -0.2) is 16.9 Å². The summed E-state index contributed by atoms with van der Waals surface area (Å²) < 4.78 is 2.47. The lowest BCUT2D eigenvalue weighted by molar-refractivity contribution is 0.0697. The molecule has 1 heterocycles. The van der Waals surface area contributed by atoms with Crippen molar-refractivity contribution in [2.75, 3.05) is 0 Å². The van der Waals surface area contributed by atoms with E-state index in [4.69, 9.17) is 16.9 Å². The smallest absolute Gasteiger partial charge is 0.335 e. The van der Waals surface area contributed by atoms with Gasteiger partial charge in [-0.25, -0.2) is 4.79 Å². The molecule has 1 aliphatic carbocycles. The molecule has 0 saturated heterocycles. The van der Waals surface area contributed by atoms with E-state index in [0.29, 0.717) is 11.3 Å². The Kier molecular flexibility index (Phi) is 5.97. The van der Waals surface area contributed by atoms with Crippen LogP contribution in [0.1, 0.15) is 40.7 Å². The summed E-state index contributed by atoms with van der Waals surface area (Å²) >= 11 is 1.77. The number of nitrogens with two attached hydrogens (primary N) is 2. The molecule has 5 rings (SSSR count). The van der Waals surface area contributed by atoms with Crippen LogP contribution in [0.3, 0.4) is 0 Å². The van der Waals surface area contributed by atoms with Crippen LogP contribution in [0.4, 0.5) is 0 Å². The maximum absolute atomic E-state index is 11.2. The Bertz CT molecular complexity index is 1570. The van der Waals surface area contributed by atoms with Gasteiger partial charge in [-0.2, -0.15) is 0 Å². The first-order valence-corrected chi connectivity index (χ1v) is 12.2. The number of thiophene rings is 1. The SMILES string of the molecule is N=C(N)C1=C(\c2ccc3sc4ccccc4c3c2)CCC/C=C(c2ccc(C(=O)O)cc2)/C=C\1N. The largest absolute Gasteiger partial charge is 0.478 e. The normalized spacial score (nSPS) is 19.8. The summed E-state index contributed by atoms with van der Waals surface area (Å²) in [5, 5.41) is 20.0. The highest BCUT2D eigenvalue weighted by Gasteiger charge is 2.18. The molecule has 6 N–H and O–H groups in total. The highest BCUT2D eigenvalue weighted by Crippen LogP contribution is 2.38. The number of hydrogen-bond acceptors (Lipinski definition) is 4. The predicted octanol–water partition coefficient (Wildman–Crippen LogP) is 6.55. The van der Waals surface area contributed by atoms with Crippen molar-refractivity contribution in [3.05, 3.63) is 107 Å². The van der Waals surface area contributed by atoms with Crippen LogP contribution in [0, 0.1) is 5.41 Å². The Hall–Kier alpha value is -4.16. The molecule has 0 bridgehead atoms. The molecule has 0 radical (unpaired) electrons. The third-order valence-electron chi connectivity index (χ3n) is 6.36. The predicted molar refractivity (Wildman–Crippen MR) is 146 cm³/mol. The van der Waals surface area contributed by atoms with Crippen LogP contribution < -0.4 is 11.5 Å². The highest BCUT2D eigenvalue weighted by molar-refractivity contribution is 7.25. The second kappa shape index (κ2) is 9.24. The third-order valence-corrected chi connectivity index (χ3v) is 7.51. The fourth-order valence-electron chi connectivity index (χ4n) is 4.66. The van der Waals surface area contributed by atoms with Gasteiger partial charge >= 0.3 is 5.97 Å².